The van der Waals surface area contributed by atoms with E-state index in [2.05, 4.69) is 15.4 Å². The summed E-state index contributed by atoms with van der Waals surface area (Å²) in [5.41, 5.74) is -0.857. The van der Waals surface area contributed by atoms with Gasteiger partial charge in [0.25, 0.3) is 5.91 Å². The topological polar surface area (TPSA) is 160 Å². The number of carbonyl (C=O) groups excluding carboxylic acids is 4. The van der Waals surface area contributed by atoms with Crippen LogP contribution in [0.5, 0.6) is 5.75 Å². The first-order valence-electron chi connectivity index (χ1n) is 14.8. The molecule has 1 saturated heterocycles. The molecule has 3 N–H and O–H groups in total. The number of hydrogen-bond acceptors (Lipinski definition) is 8. The predicted octanol–water partition coefficient (Wildman–Crippen LogP) is 2.54. The lowest BCUT2D eigenvalue weighted by Gasteiger charge is -2.27. The van der Waals surface area contributed by atoms with E-state index in [1.54, 1.807) is 36.2 Å². The average molecular weight is 605 g/mol. The summed E-state index contributed by atoms with van der Waals surface area (Å²) in [6.45, 7) is 0.556. The van der Waals surface area contributed by atoms with Crippen molar-refractivity contribution in [3.63, 3.8) is 0 Å². The molecule has 12 nitrogen and oxygen atoms in total. The van der Waals surface area contributed by atoms with Crippen LogP contribution in [-0.4, -0.2) is 74.7 Å². The normalized spacial score (nSPS) is 30.2. The van der Waals surface area contributed by atoms with E-state index in [-0.39, 0.29) is 24.7 Å². The molecule has 0 unspecified atom stereocenters. The lowest BCUT2D eigenvalue weighted by Crippen LogP contribution is -2.54. The van der Waals surface area contributed by atoms with E-state index in [0.717, 1.165) is 25.7 Å². The maximum Gasteiger partial charge on any atom is 0.411 e. The highest BCUT2D eigenvalue weighted by Crippen LogP contribution is 2.48. The number of fused-ring (bicyclic) bond motifs is 2. The van der Waals surface area contributed by atoms with Gasteiger partial charge in [0.05, 0.1) is 24.2 Å². The number of rotatable bonds is 6. The first-order chi connectivity index (χ1) is 20.0. The van der Waals surface area contributed by atoms with E-state index in [4.69, 9.17) is 9.47 Å². The standard InChI is InChI=1S/C29H40N4O8S/c1-33-13-6-4-3-5-8-18-17-29(18,27(36)32-42(38,39)22-11-12-22)31-25(34)23-15-21(16-24(23)26(33)35)41-28(37)30-19-9-7-10-20(14-19)40-2/h7,9-10,14,18,21-24H,3-6,8,11-13,15-17H2,1-2H3,(H,30,37)(H,31,34)(H,32,36)/t18-,21-,23-,24-,29-/m1/s1. The Hall–Kier alpha value is -3.35. The minimum atomic E-state index is -3.80. The van der Waals surface area contributed by atoms with Crippen molar-refractivity contribution in [3.8, 4) is 5.75 Å². The van der Waals surface area contributed by atoms with Gasteiger partial charge in [-0.25, -0.2) is 13.2 Å². The number of nitrogens with one attached hydrogen (secondary N) is 3. The average Bonchev–Trinajstić information content (AvgIpc) is 3.87. The molecule has 4 aliphatic rings. The van der Waals surface area contributed by atoms with Gasteiger partial charge in [0.2, 0.25) is 21.8 Å². The van der Waals surface area contributed by atoms with Crippen LogP contribution < -0.4 is 20.1 Å². The zero-order chi connectivity index (χ0) is 30.1. The Bertz CT molecular complexity index is 1330. The number of benzene rings is 1. The number of sulfonamides is 1. The Labute approximate surface area is 246 Å². The molecule has 4 fully saturated rings. The van der Waals surface area contributed by atoms with Gasteiger partial charge in [-0.05, 0) is 63.0 Å². The van der Waals surface area contributed by atoms with E-state index < -0.39 is 56.7 Å². The third kappa shape index (κ3) is 6.66. The van der Waals surface area contributed by atoms with E-state index in [1.807, 2.05) is 0 Å². The summed E-state index contributed by atoms with van der Waals surface area (Å²) < 4.78 is 38.2. The highest BCUT2D eigenvalue weighted by molar-refractivity contribution is 7.91. The molecule has 3 saturated carbocycles. The van der Waals surface area contributed by atoms with Gasteiger partial charge in [-0.1, -0.05) is 25.3 Å². The molecule has 1 aromatic rings. The van der Waals surface area contributed by atoms with Crippen LogP contribution in [0.3, 0.4) is 0 Å². The number of amides is 4. The largest absolute Gasteiger partial charge is 0.497 e. The summed E-state index contributed by atoms with van der Waals surface area (Å²) in [6.07, 6.45) is 4.37. The fourth-order valence-corrected chi connectivity index (χ4v) is 7.66. The van der Waals surface area contributed by atoms with Crippen molar-refractivity contribution in [2.75, 3.05) is 26.0 Å². The zero-order valence-corrected chi connectivity index (χ0v) is 24.9. The van der Waals surface area contributed by atoms with Gasteiger partial charge < -0.3 is 19.7 Å². The fourth-order valence-electron chi connectivity index (χ4n) is 6.30. The highest BCUT2D eigenvalue weighted by atomic mass is 32.2. The number of hydrogen-bond donors (Lipinski definition) is 3. The summed E-state index contributed by atoms with van der Waals surface area (Å²) >= 11 is 0. The van der Waals surface area contributed by atoms with E-state index in [9.17, 15) is 27.6 Å². The van der Waals surface area contributed by atoms with Crippen LogP contribution >= 0.6 is 0 Å². The Morgan fingerprint density at radius 1 is 1.05 bits per heavy atom. The summed E-state index contributed by atoms with van der Waals surface area (Å²) in [4.78, 5) is 55.0. The maximum absolute atomic E-state index is 13.8. The number of carbonyl (C=O) groups is 4. The molecule has 230 valence electrons. The van der Waals surface area contributed by atoms with Crippen molar-refractivity contribution in [2.45, 2.75) is 81.1 Å². The number of methoxy groups -OCH3 is 1. The second kappa shape index (κ2) is 12.1. The van der Waals surface area contributed by atoms with Crippen molar-refractivity contribution in [3.05, 3.63) is 24.3 Å². The monoisotopic (exact) mass is 604 g/mol. The van der Waals surface area contributed by atoms with Crippen LogP contribution in [0.2, 0.25) is 0 Å². The third-order valence-corrected chi connectivity index (χ3v) is 10.8. The van der Waals surface area contributed by atoms with E-state index in [0.29, 0.717) is 43.7 Å². The van der Waals surface area contributed by atoms with Crippen molar-refractivity contribution in [1.29, 1.82) is 0 Å². The van der Waals surface area contributed by atoms with Crippen molar-refractivity contribution >= 4 is 39.5 Å². The van der Waals surface area contributed by atoms with Crippen LogP contribution in [0.15, 0.2) is 24.3 Å². The summed E-state index contributed by atoms with van der Waals surface area (Å²) in [5, 5.41) is 4.96. The van der Waals surface area contributed by atoms with Gasteiger partial charge >= 0.3 is 6.09 Å². The van der Waals surface area contributed by atoms with Crippen LogP contribution in [-0.2, 0) is 29.1 Å². The molecule has 1 aliphatic heterocycles. The fraction of sp³-hybridized carbons (Fsp3) is 0.655. The molecule has 0 bridgehead atoms. The molecule has 3 aliphatic carbocycles. The molecule has 0 spiro atoms. The first-order valence-corrected chi connectivity index (χ1v) is 16.3. The van der Waals surface area contributed by atoms with E-state index >= 15 is 0 Å². The minimum Gasteiger partial charge on any atom is -0.497 e. The summed E-state index contributed by atoms with van der Waals surface area (Å²) in [7, 11) is -0.569. The first kappa shape index (κ1) is 30.1. The highest BCUT2D eigenvalue weighted by Gasteiger charge is 2.62. The Kier molecular flexibility index (Phi) is 8.68. The molecule has 13 heteroatoms. The summed E-state index contributed by atoms with van der Waals surface area (Å²) in [6, 6.07) is 6.78. The van der Waals surface area contributed by atoms with Gasteiger partial charge in [-0.3, -0.25) is 24.4 Å². The number of nitrogens with zero attached hydrogens (tertiary/aromatic N) is 1. The zero-order valence-electron chi connectivity index (χ0n) is 24.1. The Balaban J connectivity index is 1.32. The molecule has 1 aromatic carbocycles. The smallest absolute Gasteiger partial charge is 0.411 e. The van der Waals surface area contributed by atoms with E-state index in [1.165, 1.54) is 7.11 Å². The van der Waals surface area contributed by atoms with Crippen molar-refractivity contribution in [1.82, 2.24) is 14.9 Å². The molecule has 1 heterocycles. The van der Waals surface area contributed by atoms with Gasteiger partial charge in [-0.2, -0.15) is 0 Å². The second-order valence-electron chi connectivity index (χ2n) is 12.1. The van der Waals surface area contributed by atoms with Crippen LogP contribution in [0.4, 0.5) is 10.5 Å². The van der Waals surface area contributed by atoms with Crippen molar-refractivity contribution < 1.29 is 37.1 Å². The van der Waals surface area contributed by atoms with Crippen LogP contribution in [0, 0.1) is 17.8 Å². The van der Waals surface area contributed by atoms with Gasteiger partial charge in [0.1, 0.15) is 17.4 Å². The lowest BCUT2D eigenvalue weighted by molar-refractivity contribution is -0.140. The van der Waals surface area contributed by atoms with Crippen LogP contribution in [0.1, 0.15) is 64.2 Å². The molecule has 4 amide bonds. The Morgan fingerprint density at radius 2 is 1.79 bits per heavy atom. The van der Waals surface area contributed by atoms with Crippen LogP contribution in [0.25, 0.3) is 0 Å². The minimum absolute atomic E-state index is 0.102. The third-order valence-electron chi connectivity index (χ3n) is 8.99. The quantitative estimate of drug-likeness (QED) is 0.447. The molecule has 5 atom stereocenters. The summed E-state index contributed by atoms with van der Waals surface area (Å²) in [5.74, 6) is -2.64. The van der Waals surface area contributed by atoms with Crippen molar-refractivity contribution in [2.24, 2.45) is 17.8 Å². The van der Waals surface area contributed by atoms with Gasteiger partial charge in [0.15, 0.2) is 0 Å². The lowest BCUT2D eigenvalue weighted by atomic mass is 9.92. The molecule has 5 rings (SSSR count). The number of anilines is 1. The SMILES string of the molecule is COc1cccc(NC(=O)O[C@@H]2C[C@H]3C(=O)N[C@]4(C(=O)NS(=O)(=O)C5CC5)C[C@H]4CCCCCCN(C)C(=O)[C@@H]3C2)c1. The molecule has 0 aromatic heterocycles. The molecular weight excluding hydrogens is 564 g/mol. The molecule has 0 radical (unpaired) electrons. The number of ether oxygens (including phenoxy) is 2. The van der Waals surface area contributed by atoms with Gasteiger partial charge in [-0.15, -0.1) is 0 Å². The molecular formula is C29H40N4O8S. The maximum atomic E-state index is 13.8. The molecule has 42 heavy (non-hydrogen) atoms. The Morgan fingerprint density at radius 3 is 2.52 bits per heavy atom. The second-order valence-corrected chi connectivity index (χ2v) is 14.0. The predicted molar refractivity (Wildman–Crippen MR) is 153 cm³/mol. The van der Waals surface area contributed by atoms with Gasteiger partial charge in [0, 0.05) is 25.3 Å².